The lowest BCUT2D eigenvalue weighted by Crippen LogP contribution is -2.06. The fraction of sp³-hybridized carbons (Fsp3) is 0.107. The Morgan fingerprint density at radius 2 is 1.47 bits per heavy atom. The van der Waals surface area contributed by atoms with Crippen molar-refractivity contribution in [3.63, 3.8) is 0 Å². The molecule has 2 nitrogen and oxygen atoms in total. The molecule has 0 aliphatic heterocycles. The Bertz CT molecular complexity index is 1240. The van der Waals surface area contributed by atoms with Gasteiger partial charge in [-0.15, -0.1) is 0 Å². The van der Waals surface area contributed by atoms with Crippen LogP contribution in [0, 0.1) is 0 Å². The highest BCUT2D eigenvalue weighted by Crippen LogP contribution is 2.44. The molecule has 4 aromatic carbocycles. The molecule has 0 saturated carbocycles. The van der Waals surface area contributed by atoms with Crippen molar-refractivity contribution >= 4 is 5.97 Å². The van der Waals surface area contributed by atoms with Gasteiger partial charge in [0.1, 0.15) is 0 Å². The molecule has 0 unspecified atom stereocenters. The summed E-state index contributed by atoms with van der Waals surface area (Å²) in [5.41, 5.74) is 10.4. The third-order valence-corrected chi connectivity index (χ3v) is 5.91. The van der Waals surface area contributed by atoms with E-state index in [4.69, 9.17) is 4.74 Å². The van der Waals surface area contributed by atoms with E-state index in [2.05, 4.69) is 60.7 Å². The van der Waals surface area contributed by atoms with E-state index in [9.17, 15) is 4.79 Å². The van der Waals surface area contributed by atoms with Gasteiger partial charge in [-0.05, 0) is 63.4 Å². The molecule has 4 aromatic rings. The Balaban J connectivity index is 1.75. The number of hydrogen-bond donors (Lipinski definition) is 0. The second-order valence-corrected chi connectivity index (χ2v) is 7.66. The van der Waals surface area contributed by atoms with E-state index in [1.165, 1.54) is 40.5 Å². The molecule has 146 valence electrons. The summed E-state index contributed by atoms with van der Waals surface area (Å²) in [6.07, 6.45) is 1.69. The summed E-state index contributed by atoms with van der Waals surface area (Å²) in [5.74, 6) is -0.302. The molecule has 0 heterocycles. The summed E-state index contributed by atoms with van der Waals surface area (Å²) in [7, 11) is 1.44. The Morgan fingerprint density at radius 3 is 2.27 bits per heavy atom. The first kappa shape index (κ1) is 18.4. The van der Waals surface area contributed by atoms with Crippen LogP contribution in [0.3, 0.4) is 0 Å². The molecular formula is C28H22O2. The van der Waals surface area contributed by atoms with Gasteiger partial charge in [-0.1, -0.05) is 84.9 Å². The maximum atomic E-state index is 12.6. The number of ether oxygens (including phenoxy) is 1. The van der Waals surface area contributed by atoms with Crippen LogP contribution in [0.15, 0.2) is 91.0 Å². The second kappa shape index (κ2) is 7.64. The molecule has 0 radical (unpaired) electrons. The first-order chi connectivity index (χ1) is 14.8. The zero-order valence-electron chi connectivity index (χ0n) is 16.9. The lowest BCUT2D eigenvalue weighted by atomic mass is 9.86. The molecule has 2 heteroatoms. The first-order valence-electron chi connectivity index (χ1n) is 10.2. The Kier molecular flexibility index (Phi) is 4.68. The average Bonchev–Trinajstić information content (AvgIpc) is 3.18. The molecule has 5 rings (SSSR count). The summed E-state index contributed by atoms with van der Waals surface area (Å²) in [6.45, 7) is 0. The van der Waals surface area contributed by atoms with Crippen LogP contribution in [0.2, 0.25) is 0 Å². The number of rotatable bonds is 4. The molecule has 1 aliphatic rings. The van der Waals surface area contributed by atoms with Gasteiger partial charge < -0.3 is 4.74 Å². The van der Waals surface area contributed by atoms with Gasteiger partial charge in [0.05, 0.1) is 12.7 Å². The van der Waals surface area contributed by atoms with Gasteiger partial charge in [0.2, 0.25) is 0 Å². The van der Waals surface area contributed by atoms with Gasteiger partial charge >= 0.3 is 5.97 Å². The van der Waals surface area contributed by atoms with Gasteiger partial charge in [-0.3, -0.25) is 0 Å². The fourth-order valence-electron chi connectivity index (χ4n) is 4.55. The predicted octanol–water partition coefficient (Wildman–Crippen LogP) is 6.30. The van der Waals surface area contributed by atoms with Crippen molar-refractivity contribution in [3.05, 3.63) is 119 Å². The number of hydrogen-bond acceptors (Lipinski definition) is 2. The molecule has 0 spiro atoms. The molecular weight excluding hydrogens is 368 g/mol. The van der Waals surface area contributed by atoms with Gasteiger partial charge in [-0.2, -0.15) is 0 Å². The van der Waals surface area contributed by atoms with Crippen molar-refractivity contribution in [3.8, 4) is 22.3 Å². The molecule has 0 N–H and O–H groups in total. The van der Waals surface area contributed by atoms with E-state index < -0.39 is 0 Å². The lowest BCUT2D eigenvalue weighted by Gasteiger charge is -2.18. The zero-order chi connectivity index (χ0) is 20.5. The van der Waals surface area contributed by atoms with Crippen molar-refractivity contribution in [2.24, 2.45) is 0 Å². The highest BCUT2D eigenvalue weighted by atomic mass is 16.5. The number of carbonyl (C=O) groups is 1. The molecule has 1 aliphatic carbocycles. The molecule has 0 bridgehead atoms. The van der Waals surface area contributed by atoms with E-state index in [1.54, 1.807) is 0 Å². The third kappa shape index (κ3) is 3.11. The molecule has 0 amide bonds. The quantitative estimate of drug-likeness (QED) is 0.337. The minimum absolute atomic E-state index is 0.302. The predicted molar refractivity (Wildman–Crippen MR) is 121 cm³/mol. The fourth-order valence-corrected chi connectivity index (χ4v) is 4.55. The average molecular weight is 390 g/mol. The Morgan fingerprint density at radius 1 is 0.767 bits per heavy atom. The van der Waals surface area contributed by atoms with Crippen LogP contribution in [-0.2, 0) is 17.6 Å². The van der Waals surface area contributed by atoms with Crippen molar-refractivity contribution in [1.82, 2.24) is 0 Å². The van der Waals surface area contributed by atoms with Gasteiger partial charge in [0.15, 0.2) is 0 Å². The summed E-state index contributed by atoms with van der Waals surface area (Å²) in [4.78, 5) is 12.6. The zero-order valence-corrected chi connectivity index (χ0v) is 16.9. The Labute approximate surface area is 176 Å². The maximum Gasteiger partial charge on any atom is 0.338 e. The molecule has 30 heavy (non-hydrogen) atoms. The van der Waals surface area contributed by atoms with Crippen LogP contribution in [-0.4, -0.2) is 13.1 Å². The van der Waals surface area contributed by atoms with Gasteiger partial charge in [0, 0.05) is 0 Å². The standard InChI is InChI=1S/C28H22O2/c1-30-28(29)25-14-8-7-13-24(25)27-21(17-19-9-3-2-4-10-19)15-16-23-22-12-6-5-11-20(22)18-26(23)27/h2-16H,17-18H2,1H3. The Hall–Kier alpha value is -3.65. The number of fused-ring (bicyclic) bond motifs is 3. The summed E-state index contributed by atoms with van der Waals surface area (Å²) >= 11 is 0. The smallest absolute Gasteiger partial charge is 0.338 e. The van der Waals surface area contributed by atoms with Crippen LogP contribution >= 0.6 is 0 Å². The topological polar surface area (TPSA) is 26.3 Å². The van der Waals surface area contributed by atoms with Gasteiger partial charge in [0.25, 0.3) is 0 Å². The van der Waals surface area contributed by atoms with E-state index in [1.807, 2.05) is 30.3 Å². The van der Waals surface area contributed by atoms with Crippen LogP contribution < -0.4 is 0 Å². The normalized spacial score (nSPS) is 11.6. The summed E-state index contributed by atoms with van der Waals surface area (Å²) in [6, 6.07) is 31.3. The van der Waals surface area contributed by atoms with Crippen LogP contribution in [0.25, 0.3) is 22.3 Å². The minimum Gasteiger partial charge on any atom is -0.465 e. The number of carbonyl (C=O) groups excluding carboxylic acids is 1. The number of methoxy groups -OCH3 is 1. The van der Waals surface area contributed by atoms with Crippen molar-refractivity contribution in [2.45, 2.75) is 12.8 Å². The highest BCUT2D eigenvalue weighted by Gasteiger charge is 2.26. The van der Waals surface area contributed by atoms with Crippen LogP contribution in [0.5, 0.6) is 0 Å². The first-order valence-corrected chi connectivity index (χ1v) is 10.2. The monoisotopic (exact) mass is 390 g/mol. The molecule has 0 saturated heterocycles. The van der Waals surface area contributed by atoms with Crippen LogP contribution in [0.4, 0.5) is 0 Å². The minimum atomic E-state index is -0.302. The SMILES string of the molecule is COC(=O)c1ccccc1-c1c(Cc2ccccc2)ccc2c1Cc1ccccc1-2. The van der Waals surface area contributed by atoms with Crippen molar-refractivity contribution < 1.29 is 9.53 Å². The summed E-state index contributed by atoms with van der Waals surface area (Å²) in [5, 5.41) is 0. The number of benzene rings is 4. The highest BCUT2D eigenvalue weighted by molar-refractivity contribution is 5.99. The van der Waals surface area contributed by atoms with E-state index >= 15 is 0 Å². The maximum absolute atomic E-state index is 12.6. The third-order valence-electron chi connectivity index (χ3n) is 5.91. The second-order valence-electron chi connectivity index (χ2n) is 7.66. The molecule has 0 aromatic heterocycles. The summed E-state index contributed by atoms with van der Waals surface area (Å²) < 4.78 is 5.10. The lowest BCUT2D eigenvalue weighted by molar-refractivity contribution is 0.0601. The van der Waals surface area contributed by atoms with Crippen LogP contribution in [0.1, 0.15) is 32.6 Å². The van der Waals surface area contributed by atoms with E-state index in [-0.39, 0.29) is 5.97 Å². The molecule has 0 atom stereocenters. The van der Waals surface area contributed by atoms with Crippen molar-refractivity contribution in [1.29, 1.82) is 0 Å². The number of esters is 1. The van der Waals surface area contributed by atoms with Crippen molar-refractivity contribution in [2.75, 3.05) is 7.11 Å². The van der Waals surface area contributed by atoms with Gasteiger partial charge in [-0.25, -0.2) is 4.79 Å². The molecule has 0 fully saturated rings. The van der Waals surface area contributed by atoms with E-state index in [0.29, 0.717) is 5.56 Å². The largest absolute Gasteiger partial charge is 0.465 e. The van der Waals surface area contributed by atoms with E-state index in [0.717, 1.165) is 24.0 Å².